The average Bonchev–Trinajstić information content (AvgIpc) is 2.38. The Morgan fingerprint density at radius 1 is 1.33 bits per heavy atom. The molecule has 0 saturated carbocycles. The van der Waals surface area contributed by atoms with Gasteiger partial charge in [-0.25, -0.2) is 8.78 Å². The van der Waals surface area contributed by atoms with Gasteiger partial charge in [-0.15, -0.1) is 0 Å². The minimum Gasteiger partial charge on any atom is -0.271 e. The first kappa shape index (κ1) is 13.8. The molecule has 5 heteroatoms. The van der Waals surface area contributed by atoms with E-state index in [9.17, 15) is 8.78 Å². The van der Waals surface area contributed by atoms with Crippen molar-refractivity contribution in [2.24, 2.45) is 11.8 Å². The van der Waals surface area contributed by atoms with Crippen molar-refractivity contribution in [3.63, 3.8) is 0 Å². The molecule has 1 atom stereocenters. The van der Waals surface area contributed by atoms with E-state index in [2.05, 4.69) is 5.43 Å². The van der Waals surface area contributed by atoms with Crippen molar-refractivity contribution in [1.82, 2.24) is 5.43 Å². The van der Waals surface area contributed by atoms with Gasteiger partial charge in [-0.3, -0.25) is 11.3 Å². The van der Waals surface area contributed by atoms with Crippen LogP contribution in [0.25, 0.3) is 0 Å². The van der Waals surface area contributed by atoms with Gasteiger partial charge in [-0.2, -0.15) is 11.8 Å². The topological polar surface area (TPSA) is 38.0 Å². The zero-order valence-electron chi connectivity index (χ0n) is 10.2. The zero-order chi connectivity index (χ0) is 13.0. The van der Waals surface area contributed by atoms with Crippen molar-refractivity contribution in [3.8, 4) is 0 Å². The highest BCUT2D eigenvalue weighted by Crippen LogP contribution is 2.31. The second-order valence-corrected chi connectivity index (χ2v) is 5.90. The van der Waals surface area contributed by atoms with Gasteiger partial charge in [0, 0.05) is 17.7 Å². The highest BCUT2D eigenvalue weighted by atomic mass is 32.2. The molecule has 0 aliphatic carbocycles. The second-order valence-electron chi connectivity index (χ2n) is 4.68. The highest BCUT2D eigenvalue weighted by molar-refractivity contribution is 7.99. The van der Waals surface area contributed by atoms with E-state index in [0.717, 1.165) is 36.8 Å². The van der Waals surface area contributed by atoms with Gasteiger partial charge < -0.3 is 0 Å². The Kier molecular flexibility index (Phi) is 4.97. The fourth-order valence-corrected chi connectivity index (χ4v) is 3.59. The quantitative estimate of drug-likeness (QED) is 0.653. The Labute approximate surface area is 110 Å². The van der Waals surface area contributed by atoms with Gasteiger partial charge in [0.25, 0.3) is 0 Å². The summed E-state index contributed by atoms with van der Waals surface area (Å²) in [5, 5.41) is 0. The van der Waals surface area contributed by atoms with Crippen molar-refractivity contribution >= 4 is 11.8 Å². The van der Waals surface area contributed by atoms with Crippen LogP contribution in [0.3, 0.4) is 0 Å². The lowest BCUT2D eigenvalue weighted by Crippen LogP contribution is -2.31. The molecule has 1 aromatic carbocycles. The maximum absolute atomic E-state index is 13.7. The summed E-state index contributed by atoms with van der Waals surface area (Å²) in [5.41, 5.74) is 3.11. The summed E-state index contributed by atoms with van der Waals surface area (Å²) in [4.78, 5) is 0. The SMILES string of the molecule is NNC(CC1CCSCC1)c1ccc(F)cc1F. The number of thioether (sulfide) groups is 1. The fraction of sp³-hybridized carbons (Fsp3) is 0.538. The predicted octanol–water partition coefficient (Wildman–Crippen LogP) is 3.00. The van der Waals surface area contributed by atoms with E-state index < -0.39 is 11.6 Å². The van der Waals surface area contributed by atoms with Crippen LogP contribution >= 0.6 is 11.8 Å². The lowest BCUT2D eigenvalue weighted by Gasteiger charge is -2.26. The normalized spacial score (nSPS) is 18.8. The van der Waals surface area contributed by atoms with Crippen molar-refractivity contribution in [3.05, 3.63) is 35.4 Å². The van der Waals surface area contributed by atoms with E-state index in [4.69, 9.17) is 5.84 Å². The molecule has 1 aliphatic rings. The smallest absolute Gasteiger partial charge is 0.130 e. The van der Waals surface area contributed by atoms with Crippen LogP contribution in [0.1, 0.15) is 30.9 Å². The van der Waals surface area contributed by atoms with Crippen LogP contribution in [-0.4, -0.2) is 11.5 Å². The molecule has 0 spiro atoms. The van der Waals surface area contributed by atoms with E-state index in [1.165, 1.54) is 12.1 Å². The van der Waals surface area contributed by atoms with E-state index in [1.54, 1.807) is 0 Å². The van der Waals surface area contributed by atoms with E-state index in [1.807, 2.05) is 11.8 Å². The molecule has 1 aliphatic heterocycles. The highest BCUT2D eigenvalue weighted by Gasteiger charge is 2.21. The Morgan fingerprint density at radius 3 is 2.67 bits per heavy atom. The number of nitrogens with one attached hydrogen (secondary N) is 1. The van der Waals surface area contributed by atoms with Crippen LogP contribution in [0, 0.1) is 17.6 Å². The molecule has 2 rings (SSSR count). The molecular formula is C13H18F2N2S. The van der Waals surface area contributed by atoms with Gasteiger partial charge >= 0.3 is 0 Å². The van der Waals surface area contributed by atoms with E-state index in [-0.39, 0.29) is 6.04 Å². The van der Waals surface area contributed by atoms with Crippen LogP contribution in [0.2, 0.25) is 0 Å². The van der Waals surface area contributed by atoms with E-state index in [0.29, 0.717) is 11.5 Å². The minimum absolute atomic E-state index is 0.237. The largest absolute Gasteiger partial charge is 0.271 e. The predicted molar refractivity (Wildman–Crippen MR) is 71.1 cm³/mol. The van der Waals surface area contributed by atoms with Gasteiger partial charge in [-0.1, -0.05) is 6.07 Å². The molecule has 1 heterocycles. The molecule has 0 aromatic heterocycles. The summed E-state index contributed by atoms with van der Waals surface area (Å²) in [6, 6.07) is 3.43. The maximum atomic E-state index is 13.7. The van der Waals surface area contributed by atoms with E-state index >= 15 is 0 Å². The minimum atomic E-state index is -0.555. The van der Waals surface area contributed by atoms with Gasteiger partial charge in [0.15, 0.2) is 0 Å². The molecule has 0 radical (unpaired) electrons. The first-order valence-electron chi connectivity index (χ1n) is 6.19. The van der Waals surface area contributed by atoms with Crippen LogP contribution in [0.5, 0.6) is 0 Å². The van der Waals surface area contributed by atoms with Crippen molar-refractivity contribution in [1.29, 1.82) is 0 Å². The third kappa shape index (κ3) is 3.43. The zero-order valence-corrected chi connectivity index (χ0v) is 11.0. The average molecular weight is 272 g/mol. The van der Waals surface area contributed by atoms with Crippen molar-refractivity contribution < 1.29 is 8.78 Å². The summed E-state index contributed by atoms with van der Waals surface area (Å²) in [6.07, 6.45) is 3.09. The van der Waals surface area contributed by atoms with Gasteiger partial charge in [0.1, 0.15) is 11.6 Å². The first-order chi connectivity index (χ1) is 8.70. The van der Waals surface area contributed by atoms with Crippen LogP contribution < -0.4 is 11.3 Å². The van der Waals surface area contributed by atoms with Gasteiger partial charge in [0.2, 0.25) is 0 Å². The second kappa shape index (κ2) is 6.50. The Balaban J connectivity index is 2.07. The molecule has 18 heavy (non-hydrogen) atoms. The van der Waals surface area contributed by atoms with Crippen molar-refractivity contribution in [2.45, 2.75) is 25.3 Å². The number of hydrazine groups is 1. The number of hydrogen-bond acceptors (Lipinski definition) is 3. The third-order valence-electron chi connectivity index (χ3n) is 3.45. The third-order valence-corrected chi connectivity index (χ3v) is 4.50. The summed E-state index contributed by atoms with van der Waals surface area (Å²) in [5.74, 6) is 7.32. The standard InChI is InChI=1S/C13H18F2N2S/c14-10-1-2-11(12(15)8-10)13(17-16)7-9-3-5-18-6-4-9/h1-2,8-9,13,17H,3-7,16H2. The first-order valence-corrected chi connectivity index (χ1v) is 7.35. The molecule has 1 fully saturated rings. The van der Waals surface area contributed by atoms with Crippen molar-refractivity contribution in [2.75, 3.05) is 11.5 Å². The summed E-state index contributed by atoms with van der Waals surface area (Å²) in [7, 11) is 0. The van der Waals surface area contributed by atoms with Gasteiger partial charge in [0.05, 0.1) is 0 Å². The van der Waals surface area contributed by atoms with Crippen LogP contribution in [0.4, 0.5) is 8.78 Å². The summed E-state index contributed by atoms with van der Waals surface area (Å²) >= 11 is 1.96. The number of rotatable bonds is 4. The van der Waals surface area contributed by atoms with Crippen LogP contribution in [0.15, 0.2) is 18.2 Å². The molecule has 100 valence electrons. The fourth-order valence-electron chi connectivity index (χ4n) is 2.38. The molecular weight excluding hydrogens is 254 g/mol. The lowest BCUT2D eigenvalue weighted by molar-refractivity contribution is 0.365. The molecule has 1 unspecified atom stereocenters. The monoisotopic (exact) mass is 272 g/mol. The molecule has 0 amide bonds. The molecule has 2 nitrogen and oxygen atoms in total. The summed E-state index contributed by atoms with van der Waals surface area (Å²) < 4.78 is 26.6. The lowest BCUT2D eigenvalue weighted by atomic mass is 9.91. The molecule has 3 N–H and O–H groups in total. The molecule has 0 bridgehead atoms. The molecule has 1 aromatic rings. The Bertz CT molecular complexity index is 395. The maximum Gasteiger partial charge on any atom is 0.130 e. The number of benzene rings is 1. The number of hydrogen-bond donors (Lipinski definition) is 2. The van der Waals surface area contributed by atoms with Crippen LogP contribution in [-0.2, 0) is 0 Å². The Morgan fingerprint density at radius 2 is 2.06 bits per heavy atom. The summed E-state index contributed by atoms with van der Waals surface area (Å²) in [6.45, 7) is 0. The Hall–Kier alpha value is -0.650. The number of halogens is 2. The molecule has 1 saturated heterocycles. The number of nitrogens with two attached hydrogens (primary N) is 1. The van der Waals surface area contributed by atoms with Gasteiger partial charge in [-0.05, 0) is 42.8 Å².